The highest BCUT2D eigenvalue weighted by atomic mass is 32.2. The molecule has 0 spiro atoms. The van der Waals surface area contributed by atoms with Gasteiger partial charge in [0.25, 0.3) is 5.56 Å². The van der Waals surface area contributed by atoms with Crippen LogP contribution in [-0.4, -0.2) is 49.0 Å². The van der Waals surface area contributed by atoms with Crippen molar-refractivity contribution >= 4 is 28.4 Å². The number of thioether (sulfide) groups is 1. The van der Waals surface area contributed by atoms with Crippen molar-refractivity contribution in [1.82, 2.24) is 9.55 Å². The van der Waals surface area contributed by atoms with Gasteiger partial charge in [-0.25, -0.2) is 4.98 Å². The number of carbonyl (C=O) groups is 1. The average molecular weight is 414 g/mol. The van der Waals surface area contributed by atoms with Crippen molar-refractivity contribution in [3.8, 4) is 11.5 Å². The normalized spacial score (nSPS) is 10.9. The average Bonchev–Trinajstić information content (AvgIpc) is 2.76. The van der Waals surface area contributed by atoms with E-state index in [-0.39, 0.29) is 17.1 Å². The van der Waals surface area contributed by atoms with Crippen molar-refractivity contribution in [1.29, 1.82) is 0 Å². The Balaban J connectivity index is 1.92. The van der Waals surface area contributed by atoms with Crippen LogP contribution in [0.3, 0.4) is 0 Å². The minimum absolute atomic E-state index is 0.0985. The van der Waals surface area contributed by atoms with Gasteiger partial charge in [-0.1, -0.05) is 23.9 Å². The Morgan fingerprint density at radius 1 is 1.10 bits per heavy atom. The molecular weight excluding hydrogens is 392 g/mol. The third kappa shape index (κ3) is 4.60. The lowest BCUT2D eigenvalue weighted by Gasteiger charge is -2.13. The Morgan fingerprint density at radius 3 is 2.62 bits per heavy atom. The maximum atomic E-state index is 12.9. The second-order valence-corrected chi connectivity index (χ2v) is 7.08. The Kier molecular flexibility index (Phi) is 6.90. The monoisotopic (exact) mass is 414 g/mol. The van der Waals surface area contributed by atoms with E-state index in [0.29, 0.717) is 46.3 Å². The van der Waals surface area contributed by atoms with Crippen LogP contribution in [0.1, 0.15) is 10.4 Å². The molecule has 0 aliphatic heterocycles. The number of ether oxygens (including phenoxy) is 3. The summed E-state index contributed by atoms with van der Waals surface area (Å²) in [6.45, 7) is 0.720. The molecule has 0 atom stereocenters. The van der Waals surface area contributed by atoms with Crippen molar-refractivity contribution in [3.05, 3.63) is 58.4 Å². The van der Waals surface area contributed by atoms with Gasteiger partial charge < -0.3 is 14.2 Å². The molecule has 2 aromatic carbocycles. The molecule has 8 heteroatoms. The standard InChI is InChI=1S/C21H22N2O5S/c1-26-11-10-23-20(25)15-6-4-5-7-17(15)22-21(23)29-13-18(24)16-12-14(27-2)8-9-19(16)28-3/h4-9,12H,10-11,13H2,1-3H3. The molecule has 0 radical (unpaired) electrons. The van der Waals surface area contributed by atoms with Crippen LogP contribution < -0.4 is 15.0 Å². The molecule has 152 valence electrons. The van der Waals surface area contributed by atoms with E-state index in [2.05, 4.69) is 4.98 Å². The third-order valence-corrected chi connectivity index (χ3v) is 5.36. The van der Waals surface area contributed by atoms with E-state index in [0.717, 1.165) is 0 Å². The van der Waals surface area contributed by atoms with Crippen LogP contribution in [0.5, 0.6) is 11.5 Å². The van der Waals surface area contributed by atoms with Gasteiger partial charge in [0.1, 0.15) is 11.5 Å². The van der Waals surface area contributed by atoms with E-state index in [9.17, 15) is 9.59 Å². The highest BCUT2D eigenvalue weighted by molar-refractivity contribution is 7.99. The number of benzene rings is 2. The number of methoxy groups -OCH3 is 3. The number of aromatic nitrogens is 2. The molecule has 0 saturated heterocycles. The lowest BCUT2D eigenvalue weighted by atomic mass is 10.1. The fourth-order valence-corrected chi connectivity index (χ4v) is 3.79. The molecular formula is C21H22N2O5S. The summed E-state index contributed by atoms with van der Waals surface area (Å²) < 4.78 is 17.2. The fourth-order valence-electron chi connectivity index (χ4n) is 2.88. The van der Waals surface area contributed by atoms with Gasteiger partial charge >= 0.3 is 0 Å². The number of nitrogens with zero attached hydrogens (tertiary/aromatic N) is 2. The minimum Gasteiger partial charge on any atom is -0.497 e. The number of hydrogen-bond donors (Lipinski definition) is 0. The first kappa shape index (κ1) is 20.9. The summed E-state index contributed by atoms with van der Waals surface area (Å²) in [6.07, 6.45) is 0. The lowest BCUT2D eigenvalue weighted by molar-refractivity contribution is 0.101. The highest BCUT2D eigenvalue weighted by Crippen LogP contribution is 2.27. The van der Waals surface area contributed by atoms with E-state index >= 15 is 0 Å². The van der Waals surface area contributed by atoms with Crippen LogP contribution in [0.25, 0.3) is 10.9 Å². The topological polar surface area (TPSA) is 79.7 Å². The van der Waals surface area contributed by atoms with Gasteiger partial charge in [0, 0.05) is 7.11 Å². The molecule has 0 fully saturated rings. The first-order chi connectivity index (χ1) is 14.1. The van der Waals surface area contributed by atoms with Crippen molar-refractivity contribution < 1.29 is 19.0 Å². The van der Waals surface area contributed by atoms with E-state index < -0.39 is 0 Å². The Labute approximate surface area is 172 Å². The maximum absolute atomic E-state index is 12.9. The summed E-state index contributed by atoms with van der Waals surface area (Å²) in [5.74, 6) is 0.993. The molecule has 1 aromatic heterocycles. The Hall–Kier alpha value is -2.84. The molecule has 3 rings (SSSR count). The van der Waals surface area contributed by atoms with Gasteiger partial charge in [-0.3, -0.25) is 14.2 Å². The number of rotatable bonds is 9. The largest absolute Gasteiger partial charge is 0.497 e. The molecule has 0 N–H and O–H groups in total. The van der Waals surface area contributed by atoms with Crippen molar-refractivity contribution in [3.63, 3.8) is 0 Å². The van der Waals surface area contributed by atoms with Crippen molar-refractivity contribution in [2.75, 3.05) is 33.7 Å². The second kappa shape index (κ2) is 9.58. The molecule has 7 nitrogen and oxygen atoms in total. The molecule has 0 aliphatic rings. The van der Waals surface area contributed by atoms with Gasteiger partial charge in [-0.15, -0.1) is 0 Å². The number of fused-ring (bicyclic) bond motifs is 1. The zero-order valence-corrected chi connectivity index (χ0v) is 17.3. The fraction of sp³-hybridized carbons (Fsp3) is 0.286. The second-order valence-electron chi connectivity index (χ2n) is 6.14. The van der Waals surface area contributed by atoms with Crippen LogP contribution in [0.15, 0.2) is 52.4 Å². The van der Waals surface area contributed by atoms with Crippen LogP contribution in [0, 0.1) is 0 Å². The highest BCUT2D eigenvalue weighted by Gasteiger charge is 2.17. The van der Waals surface area contributed by atoms with Crippen LogP contribution >= 0.6 is 11.8 Å². The van der Waals surface area contributed by atoms with E-state index in [4.69, 9.17) is 14.2 Å². The summed E-state index contributed by atoms with van der Waals surface area (Å²) in [5.41, 5.74) is 0.868. The quantitative estimate of drug-likeness (QED) is 0.302. The number of carbonyl (C=O) groups excluding carboxylic acids is 1. The van der Waals surface area contributed by atoms with Gasteiger partial charge in [-0.05, 0) is 30.3 Å². The minimum atomic E-state index is -0.151. The SMILES string of the molecule is COCCn1c(SCC(=O)c2cc(OC)ccc2OC)nc2ccccc2c1=O. The maximum Gasteiger partial charge on any atom is 0.262 e. The third-order valence-electron chi connectivity index (χ3n) is 4.39. The summed E-state index contributed by atoms with van der Waals surface area (Å²) in [6, 6.07) is 12.2. The molecule has 0 amide bonds. The molecule has 29 heavy (non-hydrogen) atoms. The molecule has 0 saturated carbocycles. The number of hydrogen-bond acceptors (Lipinski definition) is 7. The van der Waals surface area contributed by atoms with Crippen LogP contribution in [0.4, 0.5) is 0 Å². The van der Waals surface area contributed by atoms with Gasteiger partial charge in [0.15, 0.2) is 10.9 Å². The summed E-state index contributed by atoms with van der Waals surface area (Å²) in [7, 11) is 4.63. The Morgan fingerprint density at radius 2 is 1.90 bits per heavy atom. The Bertz CT molecular complexity index is 1080. The summed E-state index contributed by atoms with van der Waals surface area (Å²) >= 11 is 1.21. The predicted octanol–water partition coefficient (Wildman–Crippen LogP) is 3.04. The predicted molar refractivity (Wildman–Crippen MR) is 112 cm³/mol. The van der Waals surface area contributed by atoms with Crippen molar-refractivity contribution in [2.24, 2.45) is 0 Å². The zero-order valence-electron chi connectivity index (χ0n) is 16.5. The molecule has 1 heterocycles. The first-order valence-corrected chi connectivity index (χ1v) is 9.94. The van der Waals surface area contributed by atoms with Gasteiger partial charge in [0.2, 0.25) is 0 Å². The van der Waals surface area contributed by atoms with Gasteiger partial charge in [-0.2, -0.15) is 0 Å². The number of Topliss-reactive ketones (excluding diaryl/α,β-unsaturated/α-hetero) is 1. The first-order valence-electron chi connectivity index (χ1n) is 8.95. The lowest BCUT2D eigenvalue weighted by Crippen LogP contribution is -2.25. The molecule has 3 aromatic rings. The molecule has 0 bridgehead atoms. The van der Waals surface area contributed by atoms with E-state index in [1.54, 1.807) is 48.1 Å². The van der Waals surface area contributed by atoms with Gasteiger partial charge in [0.05, 0.1) is 49.6 Å². The molecule has 0 aliphatic carbocycles. The zero-order chi connectivity index (χ0) is 20.8. The number of para-hydroxylation sites is 1. The smallest absolute Gasteiger partial charge is 0.262 e. The number of ketones is 1. The summed E-state index contributed by atoms with van der Waals surface area (Å²) in [4.78, 5) is 30.3. The molecule has 0 unspecified atom stereocenters. The summed E-state index contributed by atoms with van der Waals surface area (Å²) in [5, 5.41) is 1.01. The van der Waals surface area contributed by atoms with Crippen LogP contribution in [-0.2, 0) is 11.3 Å². The van der Waals surface area contributed by atoms with Crippen molar-refractivity contribution in [2.45, 2.75) is 11.7 Å². The van der Waals surface area contributed by atoms with E-state index in [1.165, 1.54) is 26.0 Å². The van der Waals surface area contributed by atoms with Crippen LogP contribution in [0.2, 0.25) is 0 Å². The van der Waals surface area contributed by atoms with E-state index in [1.807, 2.05) is 6.07 Å².